The zero-order valence-electron chi connectivity index (χ0n) is 11.5. The van der Waals surface area contributed by atoms with E-state index in [0.29, 0.717) is 36.8 Å². The van der Waals surface area contributed by atoms with Gasteiger partial charge in [-0.15, -0.1) is 0 Å². The molecule has 1 aromatic carbocycles. The van der Waals surface area contributed by atoms with E-state index in [0.717, 1.165) is 0 Å². The third-order valence-corrected chi connectivity index (χ3v) is 3.07. The summed E-state index contributed by atoms with van der Waals surface area (Å²) in [5.41, 5.74) is 0.867. The molecule has 1 aromatic heterocycles. The highest BCUT2D eigenvalue weighted by Crippen LogP contribution is 2.21. The molecule has 0 aliphatic heterocycles. The van der Waals surface area contributed by atoms with Crippen LogP contribution >= 0.6 is 11.6 Å². The molecule has 0 aliphatic rings. The molecule has 0 radical (unpaired) electrons. The fourth-order valence-corrected chi connectivity index (χ4v) is 1.95. The lowest BCUT2D eigenvalue weighted by Crippen LogP contribution is -2.21. The summed E-state index contributed by atoms with van der Waals surface area (Å²) >= 11 is 5.74. The van der Waals surface area contributed by atoms with Crippen LogP contribution in [0.4, 0.5) is 4.39 Å². The number of H-pyrrole nitrogens is 1. The van der Waals surface area contributed by atoms with Gasteiger partial charge < -0.3 is 15.0 Å². The minimum Gasteiger partial charge on any atom is -0.383 e. The van der Waals surface area contributed by atoms with Crippen LogP contribution in [0.2, 0.25) is 5.02 Å². The molecule has 0 unspecified atom stereocenters. The molecule has 7 heteroatoms. The summed E-state index contributed by atoms with van der Waals surface area (Å²) in [6.07, 6.45) is 0. The Morgan fingerprint density at radius 3 is 2.95 bits per heavy atom. The zero-order valence-corrected chi connectivity index (χ0v) is 12.2. The number of aromatic amines is 1. The summed E-state index contributed by atoms with van der Waals surface area (Å²) in [7, 11) is 1.61. The van der Waals surface area contributed by atoms with Crippen LogP contribution in [0.5, 0.6) is 0 Å². The molecule has 0 saturated heterocycles. The normalized spacial score (nSPS) is 10.8. The van der Waals surface area contributed by atoms with E-state index >= 15 is 0 Å². The van der Waals surface area contributed by atoms with Crippen LogP contribution in [0.25, 0.3) is 11.4 Å². The van der Waals surface area contributed by atoms with Gasteiger partial charge in [0.2, 0.25) is 0 Å². The second kappa shape index (κ2) is 7.31. The van der Waals surface area contributed by atoms with E-state index in [9.17, 15) is 9.18 Å². The van der Waals surface area contributed by atoms with Crippen molar-refractivity contribution in [3.8, 4) is 11.4 Å². The largest absolute Gasteiger partial charge is 0.383 e. The first-order chi connectivity index (χ1) is 10.1. The molecule has 112 valence electrons. The van der Waals surface area contributed by atoms with Crippen LogP contribution < -0.4 is 10.9 Å². The predicted molar refractivity (Wildman–Crippen MR) is 78.8 cm³/mol. The quantitative estimate of drug-likeness (QED) is 0.800. The second-order valence-corrected chi connectivity index (χ2v) is 4.79. The molecule has 2 aromatic rings. The topological polar surface area (TPSA) is 67.0 Å². The van der Waals surface area contributed by atoms with Crippen LogP contribution in [-0.4, -0.2) is 30.2 Å². The van der Waals surface area contributed by atoms with Gasteiger partial charge in [-0.2, -0.15) is 0 Å². The average Bonchev–Trinajstić information content (AvgIpc) is 2.46. The van der Waals surface area contributed by atoms with Gasteiger partial charge in [-0.25, -0.2) is 9.37 Å². The Labute approximate surface area is 126 Å². The van der Waals surface area contributed by atoms with Crippen molar-refractivity contribution < 1.29 is 9.13 Å². The van der Waals surface area contributed by atoms with E-state index in [1.807, 2.05) is 0 Å². The molecular weight excluding hydrogens is 297 g/mol. The highest BCUT2D eigenvalue weighted by molar-refractivity contribution is 6.31. The molecule has 2 N–H and O–H groups in total. The molecule has 0 bridgehead atoms. The zero-order chi connectivity index (χ0) is 15.2. The van der Waals surface area contributed by atoms with E-state index in [1.54, 1.807) is 7.11 Å². The number of aromatic nitrogens is 2. The Morgan fingerprint density at radius 2 is 2.24 bits per heavy atom. The van der Waals surface area contributed by atoms with Crippen molar-refractivity contribution in [2.45, 2.75) is 6.54 Å². The van der Waals surface area contributed by atoms with E-state index in [-0.39, 0.29) is 10.6 Å². The fourth-order valence-electron chi connectivity index (χ4n) is 1.77. The van der Waals surface area contributed by atoms with E-state index in [4.69, 9.17) is 16.3 Å². The molecule has 0 saturated carbocycles. The Balaban J connectivity index is 2.21. The first kappa shape index (κ1) is 15.6. The Morgan fingerprint density at radius 1 is 1.43 bits per heavy atom. The van der Waals surface area contributed by atoms with Crippen molar-refractivity contribution in [1.29, 1.82) is 0 Å². The van der Waals surface area contributed by atoms with Gasteiger partial charge in [0.25, 0.3) is 5.56 Å². The summed E-state index contributed by atoms with van der Waals surface area (Å²) < 4.78 is 18.1. The molecule has 1 heterocycles. The molecule has 0 amide bonds. The summed E-state index contributed by atoms with van der Waals surface area (Å²) in [5.74, 6) is -0.159. The molecule has 0 atom stereocenters. The van der Waals surface area contributed by atoms with Crippen molar-refractivity contribution in [2.75, 3.05) is 20.3 Å². The van der Waals surface area contributed by atoms with Crippen molar-refractivity contribution in [2.24, 2.45) is 0 Å². The first-order valence-corrected chi connectivity index (χ1v) is 6.73. The number of benzene rings is 1. The lowest BCUT2D eigenvalue weighted by molar-refractivity contribution is 0.199. The van der Waals surface area contributed by atoms with Gasteiger partial charge in [0, 0.05) is 31.8 Å². The molecule has 5 nitrogen and oxygen atoms in total. The van der Waals surface area contributed by atoms with Crippen LogP contribution in [0.15, 0.2) is 29.1 Å². The maximum Gasteiger partial charge on any atom is 0.251 e. The van der Waals surface area contributed by atoms with E-state index in [2.05, 4.69) is 15.3 Å². The highest BCUT2D eigenvalue weighted by atomic mass is 35.5. The number of ether oxygens (including phenoxy) is 1. The summed E-state index contributed by atoms with van der Waals surface area (Å²) in [4.78, 5) is 18.6. The standard InChI is InChI=1S/C14H15ClFN3O2/c1-21-5-4-17-8-10-7-13(20)19-14(18-10)9-2-3-12(16)11(15)6-9/h2-3,6-7,17H,4-5,8H2,1H3,(H,18,19,20). The van der Waals surface area contributed by atoms with Gasteiger partial charge in [-0.1, -0.05) is 11.6 Å². The van der Waals surface area contributed by atoms with Crippen LogP contribution in [0, 0.1) is 5.82 Å². The first-order valence-electron chi connectivity index (χ1n) is 6.35. The van der Waals surface area contributed by atoms with Crippen molar-refractivity contribution >= 4 is 11.6 Å². The molecule has 0 spiro atoms. The van der Waals surface area contributed by atoms with Gasteiger partial charge in [0.05, 0.1) is 17.3 Å². The number of hydrogen-bond donors (Lipinski definition) is 2. The van der Waals surface area contributed by atoms with Gasteiger partial charge in [0.1, 0.15) is 11.6 Å². The van der Waals surface area contributed by atoms with Crippen molar-refractivity contribution in [3.63, 3.8) is 0 Å². The van der Waals surface area contributed by atoms with Gasteiger partial charge in [-0.05, 0) is 18.2 Å². The summed E-state index contributed by atoms with van der Waals surface area (Å²) in [6.45, 7) is 1.67. The highest BCUT2D eigenvalue weighted by Gasteiger charge is 2.07. The fraction of sp³-hybridized carbons (Fsp3) is 0.286. The third kappa shape index (κ3) is 4.35. The second-order valence-electron chi connectivity index (χ2n) is 4.38. The SMILES string of the molecule is COCCNCc1cc(=O)[nH]c(-c2ccc(F)c(Cl)c2)n1. The summed E-state index contributed by atoms with van der Waals surface area (Å²) in [6, 6.07) is 5.59. The van der Waals surface area contributed by atoms with Crippen LogP contribution in [0.1, 0.15) is 5.69 Å². The minimum absolute atomic E-state index is 0.0150. The minimum atomic E-state index is -0.514. The Bertz CT molecular complexity index is 676. The van der Waals surface area contributed by atoms with E-state index in [1.165, 1.54) is 24.3 Å². The number of hydrogen-bond acceptors (Lipinski definition) is 4. The van der Waals surface area contributed by atoms with Gasteiger partial charge in [-0.3, -0.25) is 4.79 Å². The molecule has 2 rings (SSSR count). The number of nitrogens with zero attached hydrogens (tertiary/aromatic N) is 1. The average molecular weight is 312 g/mol. The molecule has 21 heavy (non-hydrogen) atoms. The predicted octanol–water partition coefficient (Wildman–Crippen LogP) is 1.97. The number of rotatable bonds is 6. The van der Waals surface area contributed by atoms with Crippen molar-refractivity contribution in [3.05, 3.63) is 51.2 Å². The number of methoxy groups -OCH3 is 1. The lowest BCUT2D eigenvalue weighted by Gasteiger charge is -2.06. The lowest BCUT2D eigenvalue weighted by atomic mass is 10.2. The number of nitrogens with one attached hydrogen (secondary N) is 2. The summed E-state index contributed by atoms with van der Waals surface area (Å²) in [5, 5.41) is 3.09. The van der Waals surface area contributed by atoms with Gasteiger partial charge in [0.15, 0.2) is 0 Å². The molecule has 0 fully saturated rings. The third-order valence-electron chi connectivity index (χ3n) is 2.78. The Hall–Kier alpha value is -1.76. The maximum atomic E-state index is 13.2. The van der Waals surface area contributed by atoms with Gasteiger partial charge >= 0.3 is 0 Å². The van der Waals surface area contributed by atoms with Crippen LogP contribution in [-0.2, 0) is 11.3 Å². The van der Waals surface area contributed by atoms with Crippen LogP contribution in [0.3, 0.4) is 0 Å². The Kier molecular flexibility index (Phi) is 5.44. The number of halogens is 2. The monoisotopic (exact) mass is 311 g/mol. The molecule has 0 aliphatic carbocycles. The molecular formula is C14H15ClFN3O2. The maximum absolute atomic E-state index is 13.2. The van der Waals surface area contributed by atoms with E-state index < -0.39 is 5.82 Å². The smallest absolute Gasteiger partial charge is 0.251 e. The van der Waals surface area contributed by atoms with Crippen molar-refractivity contribution in [1.82, 2.24) is 15.3 Å².